The van der Waals surface area contributed by atoms with E-state index in [1.54, 1.807) is 7.05 Å². The molecule has 0 heterocycles. The molecule has 1 aromatic rings. The summed E-state index contributed by atoms with van der Waals surface area (Å²) in [4.78, 5) is 11.7. The Kier molecular flexibility index (Phi) is 3.19. The summed E-state index contributed by atoms with van der Waals surface area (Å²) in [5.41, 5.74) is 0.585. The lowest BCUT2D eigenvalue weighted by atomic mass is 10.2. The molecule has 0 saturated carbocycles. The van der Waals surface area contributed by atoms with Gasteiger partial charge in [-0.05, 0) is 18.2 Å². The first kappa shape index (κ1) is 10.2. The summed E-state index contributed by atoms with van der Waals surface area (Å²) >= 11 is 0. The van der Waals surface area contributed by atoms with Crippen LogP contribution in [0, 0.1) is 17.1 Å². The van der Waals surface area contributed by atoms with E-state index < -0.39 is 5.82 Å². The van der Waals surface area contributed by atoms with Crippen LogP contribution in [-0.2, 0) is 4.79 Å². The van der Waals surface area contributed by atoms with Gasteiger partial charge in [0.25, 0.3) is 0 Å². The number of hydrogen-bond donors (Lipinski definition) is 0. The zero-order chi connectivity index (χ0) is 10.6. The summed E-state index contributed by atoms with van der Waals surface area (Å²) in [5.74, 6) is -0.492. The highest BCUT2D eigenvalue weighted by Gasteiger charge is 2.07. The molecule has 0 bridgehead atoms. The summed E-state index contributed by atoms with van der Waals surface area (Å²) in [6, 6.07) is 5.98. The normalized spacial score (nSPS) is 9.21. The molecular weight excluding hydrogens is 183 g/mol. The molecule has 0 aliphatic heterocycles. The lowest BCUT2D eigenvalue weighted by molar-refractivity contribution is -0.106. The molecule has 0 unspecified atom stereocenters. The fraction of sp³-hybridized carbons (Fsp3) is 0.200. The lowest BCUT2D eigenvalue weighted by Crippen LogP contribution is -2.20. The maximum atomic E-state index is 13.3. The quantitative estimate of drug-likeness (QED) is 0.678. The zero-order valence-corrected chi connectivity index (χ0v) is 7.70. The third-order valence-corrected chi connectivity index (χ3v) is 1.84. The van der Waals surface area contributed by atoms with Crippen molar-refractivity contribution in [2.45, 2.75) is 0 Å². The Labute approximate surface area is 81.4 Å². The Balaban J connectivity index is 3.00. The number of carbonyl (C=O) groups excluding carboxylic acids is 1. The maximum Gasteiger partial charge on any atom is 0.147 e. The molecular formula is C10H9FN2O. The van der Waals surface area contributed by atoms with Crippen LogP contribution in [0.5, 0.6) is 0 Å². The van der Waals surface area contributed by atoms with Crippen LogP contribution in [0.2, 0.25) is 0 Å². The van der Waals surface area contributed by atoms with Gasteiger partial charge in [0.05, 0.1) is 23.9 Å². The number of benzene rings is 1. The fourth-order valence-corrected chi connectivity index (χ4v) is 1.10. The van der Waals surface area contributed by atoms with Crippen molar-refractivity contribution in [1.82, 2.24) is 0 Å². The van der Waals surface area contributed by atoms with Gasteiger partial charge >= 0.3 is 0 Å². The number of anilines is 1. The second-order valence-electron chi connectivity index (χ2n) is 2.83. The number of rotatable bonds is 3. The molecule has 0 aliphatic carbocycles. The molecule has 14 heavy (non-hydrogen) atoms. The number of likely N-dealkylation sites (N-methyl/N-ethyl adjacent to an activating group) is 1. The van der Waals surface area contributed by atoms with Crippen molar-refractivity contribution in [2.75, 3.05) is 18.5 Å². The molecule has 0 aromatic heterocycles. The first-order valence-corrected chi connectivity index (χ1v) is 4.03. The van der Waals surface area contributed by atoms with Crippen molar-refractivity contribution >= 4 is 12.0 Å². The fourth-order valence-electron chi connectivity index (χ4n) is 1.10. The smallest absolute Gasteiger partial charge is 0.147 e. The van der Waals surface area contributed by atoms with E-state index in [0.717, 1.165) is 6.07 Å². The van der Waals surface area contributed by atoms with E-state index in [2.05, 4.69) is 0 Å². The van der Waals surface area contributed by atoms with E-state index in [1.165, 1.54) is 17.0 Å². The number of hydrogen-bond acceptors (Lipinski definition) is 3. The van der Waals surface area contributed by atoms with E-state index in [9.17, 15) is 9.18 Å². The van der Waals surface area contributed by atoms with E-state index in [0.29, 0.717) is 12.0 Å². The topological polar surface area (TPSA) is 44.1 Å². The summed E-state index contributed by atoms with van der Waals surface area (Å²) in [5, 5.41) is 8.51. The minimum Gasteiger partial charge on any atom is -0.365 e. The first-order valence-electron chi connectivity index (χ1n) is 4.03. The predicted molar refractivity (Wildman–Crippen MR) is 50.4 cm³/mol. The Morgan fingerprint density at radius 3 is 2.86 bits per heavy atom. The predicted octanol–water partition coefficient (Wildman–Crippen LogP) is 1.33. The molecule has 72 valence electrons. The van der Waals surface area contributed by atoms with Crippen molar-refractivity contribution in [3.8, 4) is 6.07 Å². The van der Waals surface area contributed by atoms with Crippen LogP contribution in [0.4, 0.5) is 10.1 Å². The van der Waals surface area contributed by atoms with Gasteiger partial charge in [-0.2, -0.15) is 5.26 Å². The first-order chi connectivity index (χ1) is 6.69. The molecule has 0 aliphatic rings. The second-order valence-corrected chi connectivity index (χ2v) is 2.83. The van der Waals surface area contributed by atoms with Gasteiger partial charge in [-0.25, -0.2) is 4.39 Å². The van der Waals surface area contributed by atoms with Crippen LogP contribution in [-0.4, -0.2) is 19.9 Å². The molecule has 4 heteroatoms. The third kappa shape index (κ3) is 2.07. The Morgan fingerprint density at radius 1 is 1.64 bits per heavy atom. The Hall–Kier alpha value is -1.89. The minimum absolute atomic E-state index is 0.128. The van der Waals surface area contributed by atoms with Crippen molar-refractivity contribution in [1.29, 1.82) is 5.26 Å². The molecule has 0 spiro atoms. The number of carbonyl (C=O) groups is 1. The van der Waals surface area contributed by atoms with Crippen molar-refractivity contribution < 1.29 is 9.18 Å². The molecule has 0 fully saturated rings. The average molecular weight is 192 g/mol. The SMILES string of the molecule is CN(CC=O)c1ccc(C#N)cc1F. The molecule has 0 amide bonds. The van der Waals surface area contributed by atoms with Gasteiger partial charge in [-0.1, -0.05) is 0 Å². The van der Waals surface area contributed by atoms with Gasteiger partial charge in [0.1, 0.15) is 12.1 Å². The highest BCUT2D eigenvalue weighted by Crippen LogP contribution is 2.18. The van der Waals surface area contributed by atoms with E-state index in [4.69, 9.17) is 5.26 Å². The van der Waals surface area contributed by atoms with Crippen LogP contribution in [0.1, 0.15) is 5.56 Å². The molecule has 1 aromatic carbocycles. The monoisotopic (exact) mass is 192 g/mol. The van der Waals surface area contributed by atoms with Crippen molar-refractivity contribution in [2.24, 2.45) is 0 Å². The number of nitriles is 1. The average Bonchev–Trinajstić information content (AvgIpc) is 2.17. The van der Waals surface area contributed by atoms with Gasteiger partial charge in [-0.3, -0.25) is 0 Å². The van der Waals surface area contributed by atoms with Crippen LogP contribution in [0.25, 0.3) is 0 Å². The molecule has 0 N–H and O–H groups in total. The highest BCUT2D eigenvalue weighted by atomic mass is 19.1. The van der Waals surface area contributed by atoms with E-state index in [1.807, 2.05) is 6.07 Å². The number of nitrogens with zero attached hydrogens (tertiary/aromatic N) is 2. The maximum absolute atomic E-state index is 13.3. The summed E-state index contributed by atoms with van der Waals surface area (Å²) < 4.78 is 13.3. The standard InChI is InChI=1S/C10H9FN2O/c1-13(4-5-14)10-3-2-8(7-12)6-9(10)11/h2-3,5-6H,4H2,1H3. The van der Waals surface area contributed by atoms with E-state index in [-0.39, 0.29) is 12.1 Å². The summed E-state index contributed by atoms with van der Waals surface area (Å²) in [7, 11) is 1.61. The van der Waals surface area contributed by atoms with Gasteiger partial charge < -0.3 is 9.69 Å². The van der Waals surface area contributed by atoms with Gasteiger partial charge in [0, 0.05) is 7.05 Å². The van der Waals surface area contributed by atoms with Crippen LogP contribution in [0.15, 0.2) is 18.2 Å². The lowest BCUT2D eigenvalue weighted by Gasteiger charge is -2.16. The molecule has 1 rings (SSSR count). The number of aldehydes is 1. The van der Waals surface area contributed by atoms with Gasteiger partial charge in [-0.15, -0.1) is 0 Å². The molecule has 3 nitrogen and oxygen atoms in total. The van der Waals surface area contributed by atoms with Crippen LogP contribution >= 0.6 is 0 Å². The van der Waals surface area contributed by atoms with Crippen LogP contribution < -0.4 is 4.90 Å². The number of halogens is 1. The zero-order valence-electron chi connectivity index (χ0n) is 7.70. The summed E-state index contributed by atoms with van der Waals surface area (Å²) in [6.07, 6.45) is 0.692. The Bertz CT molecular complexity index is 384. The van der Waals surface area contributed by atoms with E-state index >= 15 is 0 Å². The highest BCUT2D eigenvalue weighted by molar-refractivity contribution is 5.61. The van der Waals surface area contributed by atoms with Crippen molar-refractivity contribution in [3.05, 3.63) is 29.6 Å². The third-order valence-electron chi connectivity index (χ3n) is 1.84. The van der Waals surface area contributed by atoms with Gasteiger partial charge in [0.2, 0.25) is 0 Å². The molecule has 0 radical (unpaired) electrons. The molecule has 0 saturated heterocycles. The second kappa shape index (κ2) is 4.38. The van der Waals surface area contributed by atoms with Gasteiger partial charge in [0.15, 0.2) is 0 Å². The summed E-state index contributed by atoms with van der Waals surface area (Å²) in [6.45, 7) is 0.128. The largest absolute Gasteiger partial charge is 0.365 e. The molecule has 0 atom stereocenters. The minimum atomic E-state index is -0.492. The Morgan fingerprint density at radius 2 is 2.36 bits per heavy atom. The van der Waals surface area contributed by atoms with Crippen molar-refractivity contribution in [3.63, 3.8) is 0 Å². The van der Waals surface area contributed by atoms with Crippen LogP contribution in [0.3, 0.4) is 0 Å².